The van der Waals surface area contributed by atoms with Gasteiger partial charge in [-0.3, -0.25) is 4.79 Å². The van der Waals surface area contributed by atoms with E-state index in [1.54, 1.807) is 4.68 Å². The molecular formula is C27H31N5O3. The third kappa shape index (κ3) is 5.12. The van der Waals surface area contributed by atoms with Gasteiger partial charge in [-0.05, 0) is 66.6 Å². The maximum absolute atomic E-state index is 11.5. The molecule has 0 amide bonds. The summed E-state index contributed by atoms with van der Waals surface area (Å²) in [7, 11) is 0. The molecule has 0 unspecified atom stereocenters. The summed E-state index contributed by atoms with van der Waals surface area (Å²) >= 11 is 0. The van der Waals surface area contributed by atoms with Gasteiger partial charge in [-0.15, -0.1) is 5.10 Å². The summed E-state index contributed by atoms with van der Waals surface area (Å²) in [5, 5.41) is 15.7. The van der Waals surface area contributed by atoms with Crippen LogP contribution in [0.25, 0.3) is 17.0 Å². The average molecular weight is 474 g/mol. The Morgan fingerprint density at radius 2 is 1.86 bits per heavy atom. The van der Waals surface area contributed by atoms with Gasteiger partial charge in [0.2, 0.25) is 0 Å². The summed E-state index contributed by atoms with van der Waals surface area (Å²) < 4.78 is 13.3. The number of fused-ring (bicyclic) bond motifs is 1. The summed E-state index contributed by atoms with van der Waals surface area (Å²) in [6.45, 7) is 4.79. The van der Waals surface area contributed by atoms with Gasteiger partial charge in [0, 0.05) is 36.9 Å². The Morgan fingerprint density at radius 1 is 1.09 bits per heavy atom. The van der Waals surface area contributed by atoms with E-state index in [9.17, 15) is 4.79 Å². The lowest BCUT2D eigenvalue weighted by molar-refractivity contribution is -0.143. The molecule has 0 aliphatic carbocycles. The molecule has 3 aromatic rings. The van der Waals surface area contributed by atoms with Gasteiger partial charge in [0.25, 0.3) is 0 Å². The molecule has 1 aromatic heterocycles. The van der Waals surface area contributed by atoms with Gasteiger partial charge in [-0.25, -0.2) is 4.68 Å². The molecule has 182 valence electrons. The molecule has 1 saturated heterocycles. The van der Waals surface area contributed by atoms with E-state index in [1.807, 2.05) is 13.0 Å². The smallest absolute Gasteiger partial charge is 0.305 e. The first-order valence-electron chi connectivity index (χ1n) is 12.4. The molecule has 0 saturated carbocycles. The number of esters is 1. The van der Waals surface area contributed by atoms with Crippen LogP contribution in [0, 0.1) is 0 Å². The second-order valence-electron chi connectivity index (χ2n) is 9.04. The number of para-hydroxylation sites is 1. The zero-order valence-corrected chi connectivity index (χ0v) is 20.1. The number of aromatic nitrogens is 4. The van der Waals surface area contributed by atoms with Crippen LogP contribution in [0.4, 0.5) is 0 Å². The molecule has 8 nitrogen and oxygen atoms in total. The maximum Gasteiger partial charge on any atom is 0.305 e. The van der Waals surface area contributed by atoms with Crippen molar-refractivity contribution >= 4 is 11.5 Å². The fourth-order valence-electron chi connectivity index (χ4n) is 4.83. The first-order chi connectivity index (χ1) is 17.2. The lowest BCUT2D eigenvalue weighted by Gasteiger charge is -2.40. The number of carbonyl (C=O) groups excluding carboxylic acids is 1. The quantitative estimate of drug-likeness (QED) is 0.390. The average Bonchev–Trinajstić information content (AvgIpc) is 3.35. The van der Waals surface area contributed by atoms with E-state index in [4.69, 9.17) is 9.47 Å². The monoisotopic (exact) mass is 473 g/mol. The highest BCUT2D eigenvalue weighted by Crippen LogP contribution is 2.42. The van der Waals surface area contributed by atoms with Crippen LogP contribution in [0.3, 0.4) is 0 Å². The molecule has 35 heavy (non-hydrogen) atoms. The van der Waals surface area contributed by atoms with Crippen LogP contribution in [0.2, 0.25) is 0 Å². The predicted molar refractivity (Wildman–Crippen MR) is 133 cm³/mol. The second-order valence-corrected chi connectivity index (χ2v) is 9.04. The van der Waals surface area contributed by atoms with Crippen LogP contribution in [0.15, 0.2) is 54.6 Å². The first-order valence-corrected chi connectivity index (χ1v) is 12.4. The Balaban J connectivity index is 1.34. The van der Waals surface area contributed by atoms with Crippen LogP contribution in [-0.2, 0) is 16.1 Å². The summed E-state index contributed by atoms with van der Waals surface area (Å²) in [5.74, 6) is 1.52. The molecule has 0 bridgehead atoms. The van der Waals surface area contributed by atoms with E-state index in [2.05, 4.69) is 69.4 Å². The number of aryl methyl sites for hydroxylation is 1. The van der Waals surface area contributed by atoms with E-state index in [0.717, 1.165) is 67.0 Å². The van der Waals surface area contributed by atoms with Crippen molar-refractivity contribution in [3.05, 3.63) is 65.7 Å². The van der Waals surface area contributed by atoms with Crippen molar-refractivity contribution in [3.8, 4) is 17.1 Å². The molecule has 0 radical (unpaired) electrons. The summed E-state index contributed by atoms with van der Waals surface area (Å²) in [5.41, 5.74) is 4.17. The Morgan fingerprint density at radius 3 is 2.66 bits per heavy atom. The minimum Gasteiger partial charge on any atom is -0.482 e. The van der Waals surface area contributed by atoms with E-state index < -0.39 is 0 Å². The third-order valence-corrected chi connectivity index (χ3v) is 6.64. The fourth-order valence-corrected chi connectivity index (χ4v) is 4.83. The Labute approximate surface area is 205 Å². The third-order valence-electron chi connectivity index (χ3n) is 6.64. The number of carbonyl (C=O) groups is 1. The van der Waals surface area contributed by atoms with Crippen LogP contribution < -0.4 is 10.1 Å². The lowest BCUT2D eigenvalue weighted by atomic mass is 9.83. The first kappa shape index (κ1) is 23.2. The number of tetrazole rings is 1. The number of nitrogens with one attached hydrogen (secondary N) is 1. The largest absolute Gasteiger partial charge is 0.482 e. The minimum atomic E-state index is -0.263. The van der Waals surface area contributed by atoms with Crippen LogP contribution in [-0.4, -0.2) is 51.5 Å². The second kappa shape index (κ2) is 10.4. The Bertz CT molecular complexity index is 1200. The minimum absolute atomic E-state index is 0.157. The molecule has 1 fully saturated rings. The van der Waals surface area contributed by atoms with Crippen molar-refractivity contribution in [1.82, 2.24) is 25.5 Å². The van der Waals surface area contributed by atoms with E-state index in [0.29, 0.717) is 19.6 Å². The van der Waals surface area contributed by atoms with E-state index in [-0.39, 0.29) is 11.6 Å². The molecule has 1 spiro atoms. The van der Waals surface area contributed by atoms with Crippen molar-refractivity contribution in [1.29, 1.82) is 0 Å². The van der Waals surface area contributed by atoms with Crippen molar-refractivity contribution in [3.63, 3.8) is 0 Å². The number of piperidine rings is 1. The van der Waals surface area contributed by atoms with Crippen molar-refractivity contribution in [2.75, 3.05) is 19.7 Å². The highest BCUT2D eigenvalue weighted by Gasteiger charge is 2.36. The SMILES string of the molecule is CCOC(=O)CCCCn1nnnc1-c1ccc(C2=CC3(CCNCC3)Oc3ccccc32)cc1. The zero-order valence-electron chi connectivity index (χ0n) is 20.1. The summed E-state index contributed by atoms with van der Waals surface area (Å²) in [6, 6.07) is 16.7. The standard InChI is InChI=1S/C27H31N5O3/c1-2-34-25(33)9-5-6-18-32-26(29-30-31-32)21-12-10-20(11-13-21)23-19-27(14-16-28-17-15-27)35-24-8-4-3-7-22(23)24/h3-4,7-8,10-13,19,28H,2,5-6,9,14-18H2,1H3. The Hall–Kier alpha value is -3.52. The molecule has 2 aliphatic rings. The van der Waals surface area contributed by atoms with Gasteiger partial charge < -0.3 is 14.8 Å². The molecule has 8 heteroatoms. The zero-order chi connectivity index (χ0) is 24.1. The number of hydrogen-bond acceptors (Lipinski definition) is 7. The van der Waals surface area contributed by atoms with Gasteiger partial charge in [0.05, 0.1) is 6.61 Å². The van der Waals surface area contributed by atoms with Gasteiger partial charge in [0.15, 0.2) is 5.82 Å². The molecule has 5 rings (SSSR count). The number of nitrogens with zero attached hydrogens (tertiary/aromatic N) is 4. The highest BCUT2D eigenvalue weighted by atomic mass is 16.5. The van der Waals surface area contributed by atoms with Crippen LogP contribution in [0.5, 0.6) is 5.75 Å². The predicted octanol–water partition coefficient (Wildman–Crippen LogP) is 4.02. The van der Waals surface area contributed by atoms with Crippen molar-refractivity contribution in [2.24, 2.45) is 0 Å². The molecule has 0 atom stereocenters. The van der Waals surface area contributed by atoms with E-state index in [1.165, 1.54) is 5.57 Å². The summed E-state index contributed by atoms with van der Waals surface area (Å²) in [6.07, 6.45) is 6.18. The summed E-state index contributed by atoms with van der Waals surface area (Å²) in [4.78, 5) is 11.5. The Kier molecular flexibility index (Phi) is 6.90. The topological polar surface area (TPSA) is 91.2 Å². The number of rotatable bonds is 8. The number of ether oxygens (including phenoxy) is 2. The van der Waals surface area contributed by atoms with E-state index >= 15 is 0 Å². The fraction of sp³-hybridized carbons (Fsp3) is 0.407. The van der Waals surface area contributed by atoms with Crippen molar-refractivity contribution in [2.45, 2.75) is 51.2 Å². The van der Waals surface area contributed by atoms with Gasteiger partial charge in [-0.2, -0.15) is 0 Å². The molecule has 2 aromatic carbocycles. The molecular weight excluding hydrogens is 442 g/mol. The van der Waals surface area contributed by atoms with Gasteiger partial charge >= 0.3 is 5.97 Å². The lowest BCUT2D eigenvalue weighted by Crippen LogP contribution is -2.46. The van der Waals surface area contributed by atoms with Crippen molar-refractivity contribution < 1.29 is 14.3 Å². The molecule has 3 heterocycles. The normalized spacial score (nSPS) is 16.3. The number of unbranched alkanes of at least 4 members (excludes halogenated alkanes) is 1. The van der Waals surface area contributed by atoms with Gasteiger partial charge in [-0.1, -0.05) is 42.5 Å². The molecule has 1 N–H and O–H groups in total. The van der Waals surface area contributed by atoms with Crippen LogP contribution in [0.1, 0.15) is 50.2 Å². The maximum atomic E-state index is 11.5. The number of benzene rings is 2. The van der Waals surface area contributed by atoms with Crippen LogP contribution >= 0.6 is 0 Å². The highest BCUT2D eigenvalue weighted by molar-refractivity contribution is 5.85. The number of hydrogen-bond donors (Lipinski definition) is 1. The molecule has 2 aliphatic heterocycles. The van der Waals surface area contributed by atoms with Gasteiger partial charge in [0.1, 0.15) is 11.4 Å².